The van der Waals surface area contributed by atoms with Crippen LogP contribution in [0, 0.1) is 0 Å². The van der Waals surface area contributed by atoms with E-state index in [1.165, 1.54) is 18.3 Å². The van der Waals surface area contributed by atoms with Crippen LogP contribution in [-0.2, 0) is 0 Å². The molecule has 1 heterocycles. The highest BCUT2D eigenvalue weighted by Gasteiger charge is 2.09. The van der Waals surface area contributed by atoms with Crippen LogP contribution in [0.25, 0.3) is 0 Å². The number of ether oxygens (including phenoxy) is 1. The van der Waals surface area contributed by atoms with E-state index in [1.54, 1.807) is 18.3 Å². The Bertz CT molecular complexity index is 602. The van der Waals surface area contributed by atoms with Crippen molar-refractivity contribution in [2.24, 2.45) is 0 Å². The molecule has 5 nitrogen and oxygen atoms in total. The van der Waals surface area contributed by atoms with Crippen LogP contribution in [0.2, 0.25) is 0 Å². The number of rotatable bonds is 3. The average Bonchev–Trinajstić information content (AvgIpc) is 2.31. The Morgan fingerprint density at radius 3 is 2.72 bits per heavy atom. The summed E-state index contributed by atoms with van der Waals surface area (Å²) in [6.45, 7) is 0. The summed E-state index contributed by atoms with van der Waals surface area (Å²) >= 11 is 3.27. The van der Waals surface area contributed by atoms with Gasteiger partial charge in [0.1, 0.15) is 11.5 Å². The minimum absolute atomic E-state index is 0.00968. The van der Waals surface area contributed by atoms with Crippen LogP contribution in [0.4, 0.5) is 5.69 Å². The number of hydrogen-bond donors (Lipinski definition) is 2. The van der Waals surface area contributed by atoms with Gasteiger partial charge in [-0.15, -0.1) is 0 Å². The van der Waals surface area contributed by atoms with Crippen molar-refractivity contribution in [3.63, 3.8) is 0 Å². The number of aromatic carboxylic acids is 1. The summed E-state index contributed by atoms with van der Waals surface area (Å²) in [6, 6.07) is 6.19. The molecule has 2 rings (SSSR count). The second-order valence-electron chi connectivity index (χ2n) is 3.50. The smallest absolute Gasteiger partial charge is 0.337 e. The van der Waals surface area contributed by atoms with Crippen LogP contribution in [0.1, 0.15) is 10.4 Å². The van der Waals surface area contributed by atoms with Crippen molar-refractivity contribution in [1.82, 2.24) is 4.98 Å². The topological polar surface area (TPSA) is 85.4 Å². The van der Waals surface area contributed by atoms with Crippen LogP contribution in [0.5, 0.6) is 11.5 Å². The molecule has 0 spiro atoms. The van der Waals surface area contributed by atoms with Crippen molar-refractivity contribution in [1.29, 1.82) is 0 Å². The van der Waals surface area contributed by atoms with E-state index < -0.39 is 5.97 Å². The van der Waals surface area contributed by atoms with Gasteiger partial charge in [-0.05, 0) is 40.2 Å². The van der Waals surface area contributed by atoms with Crippen molar-refractivity contribution in [2.75, 3.05) is 5.73 Å². The molecule has 0 bridgehead atoms. The molecule has 3 N–H and O–H groups in total. The highest BCUT2D eigenvalue weighted by Crippen LogP contribution is 2.26. The molecule has 0 fully saturated rings. The molecule has 0 aliphatic rings. The molecule has 1 aromatic carbocycles. The van der Waals surface area contributed by atoms with E-state index >= 15 is 0 Å². The first-order valence-electron chi connectivity index (χ1n) is 4.97. The van der Waals surface area contributed by atoms with Gasteiger partial charge in [-0.25, -0.2) is 4.79 Å². The Hall–Kier alpha value is -2.08. The number of carboxylic acids is 1. The first-order valence-corrected chi connectivity index (χ1v) is 5.77. The van der Waals surface area contributed by atoms with E-state index in [1.807, 2.05) is 0 Å². The molecular formula is C12H9BrN2O3. The fourth-order valence-electron chi connectivity index (χ4n) is 1.37. The van der Waals surface area contributed by atoms with E-state index in [4.69, 9.17) is 15.6 Å². The van der Waals surface area contributed by atoms with E-state index in [0.29, 0.717) is 11.5 Å². The summed E-state index contributed by atoms with van der Waals surface area (Å²) in [6.07, 6.45) is 3.15. The summed E-state index contributed by atoms with van der Waals surface area (Å²) in [7, 11) is 0. The third-order valence-electron chi connectivity index (χ3n) is 2.17. The molecule has 0 aliphatic carbocycles. The Labute approximate surface area is 111 Å². The fourth-order valence-corrected chi connectivity index (χ4v) is 1.71. The number of pyridine rings is 1. The van der Waals surface area contributed by atoms with Crippen molar-refractivity contribution >= 4 is 27.6 Å². The van der Waals surface area contributed by atoms with Crippen molar-refractivity contribution in [2.45, 2.75) is 0 Å². The molecule has 0 unspecified atom stereocenters. The molecule has 0 atom stereocenters. The van der Waals surface area contributed by atoms with Crippen LogP contribution in [0.15, 0.2) is 41.1 Å². The van der Waals surface area contributed by atoms with Crippen LogP contribution < -0.4 is 10.5 Å². The summed E-state index contributed by atoms with van der Waals surface area (Å²) in [5.74, 6) is -0.197. The van der Waals surface area contributed by atoms with Crippen LogP contribution in [-0.4, -0.2) is 16.1 Å². The quantitative estimate of drug-likeness (QED) is 0.851. The van der Waals surface area contributed by atoms with Gasteiger partial charge >= 0.3 is 5.97 Å². The number of aromatic nitrogens is 1. The van der Waals surface area contributed by atoms with E-state index in [0.717, 1.165) is 4.47 Å². The van der Waals surface area contributed by atoms with Gasteiger partial charge in [-0.3, -0.25) is 4.98 Å². The lowest BCUT2D eigenvalue weighted by Gasteiger charge is -2.07. The molecular weight excluding hydrogens is 300 g/mol. The molecule has 0 saturated carbocycles. The second-order valence-corrected chi connectivity index (χ2v) is 4.41. The first-order chi connectivity index (χ1) is 8.56. The number of nitrogens with two attached hydrogens (primary N) is 1. The molecule has 2 aromatic rings. The predicted octanol–water partition coefficient (Wildman–Crippen LogP) is 2.92. The van der Waals surface area contributed by atoms with Crippen molar-refractivity contribution < 1.29 is 14.6 Å². The van der Waals surface area contributed by atoms with Gasteiger partial charge in [0, 0.05) is 16.4 Å². The van der Waals surface area contributed by atoms with E-state index in [-0.39, 0.29) is 11.3 Å². The largest absolute Gasteiger partial charge is 0.478 e. The molecule has 6 heteroatoms. The highest BCUT2D eigenvalue weighted by atomic mass is 79.9. The Morgan fingerprint density at radius 2 is 2.06 bits per heavy atom. The zero-order chi connectivity index (χ0) is 13.1. The molecule has 0 saturated heterocycles. The second kappa shape index (κ2) is 5.05. The first kappa shape index (κ1) is 12.4. The van der Waals surface area contributed by atoms with Crippen LogP contribution >= 0.6 is 15.9 Å². The summed E-state index contributed by atoms with van der Waals surface area (Å²) < 4.78 is 6.27. The number of nitrogens with zero attached hydrogens (tertiary/aromatic N) is 1. The van der Waals surface area contributed by atoms with Gasteiger partial charge in [0.25, 0.3) is 0 Å². The van der Waals surface area contributed by atoms with Gasteiger partial charge in [0.2, 0.25) is 0 Å². The monoisotopic (exact) mass is 308 g/mol. The minimum atomic E-state index is -1.09. The highest BCUT2D eigenvalue weighted by molar-refractivity contribution is 9.10. The fraction of sp³-hybridized carbons (Fsp3) is 0. The Kier molecular flexibility index (Phi) is 3.47. The Morgan fingerprint density at radius 1 is 1.28 bits per heavy atom. The number of hydrogen-bond acceptors (Lipinski definition) is 4. The van der Waals surface area contributed by atoms with Crippen molar-refractivity contribution in [3.05, 3.63) is 46.7 Å². The van der Waals surface area contributed by atoms with Gasteiger partial charge in [0.05, 0.1) is 11.8 Å². The van der Waals surface area contributed by atoms with Crippen molar-refractivity contribution in [3.8, 4) is 11.5 Å². The van der Waals surface area contributed by atoms with E-state index in [9.17, 15) is 4.79 Å². The standard InChI is InChI=1S/C12H9BrN2O3/c13-7-3-9(6-15-5-7)18-8-1-2-11(14)10(4-8)12(16)17/h1-6H,14H2,(H,16,17). The third kappa shape index (κ3) is 2.78. The lowest BCUT2D eigenvalue weighted by Crippen LogP contribution is -2.02. The zero-order valence-electron chi connectivity index (χ0n) is 9.13. The maximum Gasteiger partial charge on any atom is 0.337 e. The normalized spacial score (nSPS) is 10.1. The molecule has 92 valence electrons. The van der Waals surface area contributed by atoms with Gasteiger partial charge in [-0.1, -0.05) is 0 Å². The molecule has 0 aliphatic heterocycles. The maximum atomic E-state index is 10.9. The van der Waals surface area contributed by atoms with Gasteiger partial charge < -0.3 is 15.6 Å². The lowest BCUT2D eigenvalue weighted by molar-refractivity contribution is 0.0697. The molecule has 18 heavy (non-hydrogen) atoms. The average molecular weight is 309 g/mol. The molecule has 1 aromatic heterocycles. The minimum Gasteiger partial charge on any atom is -0.478 e. The Balaban J connectivity index is 2.30. The van der Waals surface area contributed by atoms with Gasteiger partial charge in [0.15, 0.2) is 0 Å². The summed E-state index contributed by atoms with van der Waals surface area (Å²) in [5.41, 5.74) is 5.76. The predicted molar refractivity (Wildman–Crippen MR) is 69.8 cm³/mol. The number of benzene rings is 1. The number of carbonyl (C=O) groups is 1. The lowest BCUT2D eigenvalue weighted by atomic mass is 10.2. The van der Waals surface area contributed by atoms with Crippen LogP contribution in [0.3, 0.4) is 0 Å². The molecule has 0 amide bonds. The summed E-state index contributed by atoms with van der Waals surface area (Å²) in [4.78, 5) is 14.9. The number of anilines is 1. The SMILES string of the molecule is Nc1ccc(Oc2cncc(Br)c2)cc1C(=O)O. The maximum absolute atomic E-state index is 10.9. The number of nitrogen functional groups attached to an aromatic ring is 1. The van der Waals surface area contributed by atoms with E-state index in [2.05, 4.69) is 20.9 Å². The molecule has 0 radical (unpaired) electrons. The summed E-state index contributed by atoms with van der Waals surface area (Å²) in [5, 5.41) is 8.94. The zero-order valence-corrected chi connectivity index (χ0v) is 10.7. The third-order valence-corrected chi connectivity index (χ3v) is 2.60. The number of halogens is 1. The van der Waals surface area contributed by atoms with Gasteiger partial charge in [-0.2, -0.15) is 0 Å². The number of carboxylic acid groups (broad SMARTS) is 1.